The largest absolute Gasteiger partial charge is 0.497 e. The molecule has 1 fully saturated rings. The van der Waals surface area contributed by atoms with Gasteiger partial charge >= 0.3 is 0 Å². The minimum atomic E-state index is -0.180. The number of carbonyl (C=O) groups is 1. The van der Waals surface area contributed by atoms with Gasteiger partial charge in [-0.15, -0.1) is 0 Å². The fourth-order valence-electron chi connectivity index (χ4n) is 2.94. The first-order valence-electron chi connectivity index (χ1n) is 8.55. The van der Waals surface area contributed by atoms with Crippen molar-refractivity contribution in [3.8, 4) is 5.75 Å². The molecular formula is C21H23NO3. The van der Waals surface area contributed by atoms with E-state index in [0.29, 0.717) is 5.56 Å². The molecule has 0 atom stereocenters. The van der Waals surface area contributed by atoms with E-state index in [0.717, 1.165) is 42.9 Å². The van der Waals surface area contributed by atoms with Crippen LogP contribution in [0.2, 0.25) is 0 Å². The summed E-state index contributed by atoms with van der Waals surface area (Å²) in [5, 5.41) is 9.59. The summed E-state index contributed by atoms with van der Waals surface area (Å²) < 4.78 is 5.12. The number of anilines is 1. The second kappa shape index (κ2) is 7.99. The molecule has 2 aromatic carbocycles. The van der Waals surface area contributed by atoms with Crippen LogP contribution in [0, 0.1) is 0 Å². The molecule has 1 heterocycles. The molecule has 1 N–H and O–H groups in total. The van der Waals surface area contributed by atoms with E-state index in [1.54, 1.807) is 13.2 Å². The monoisotopic (exact) mass is 337 g/mol. The Morgan fingerprint density at radius 3 is 2.32 bits per heavy atom. The van der Waals surface area contributed by atoms with Crippen LogP contribution in [0.25, 0.3) is 6.08 Å². The van der Waals surface area contributed by atoms with E-state index < -0.39 is 0 Å². The average Bonchev–Trinajstić information content (AvgIpc) is 2.67. The zero-order valence-electron chi connectivity index (χ0n) is 14.4. The highest BCUT2D eigenvalue weighted by Gasteiger charge is 2.17. The van der Waals surface area contributed by atoms with Crippen molar-refractivity contribution in [1.29, 1.82) is 0 Å². The molecule has 1 saturated heterocycles. The van der Waals surface area contributed by atoms with E-state index in [4.69, 9.17) is 4.74 Å². The summed E-state index contributed by atoms with van der Waals surface area (Å²) in [6, 6.07) is 15.2. The third-order valence-corrected chi connectivity index (χ3v) is 4.52. The molecule has 3 rings (SSSR count). The molecule has 2 aromatic rings. The van der Waals surface area contributed by atoms with Crippen LogP contribution in [0.1, 0.15) is 28.8 Å². The Bertz CT molecular complexity index is 727. The maximum Gasteiger partial charge on any atom is 0.185 e. The summed E-state index contributed by atoms with van der Waals surface area (Å²) in [5.74, 6) is 0.778. The molecular weight excluding hydrogens is 314 g/mol. The minimum Gasteiger partial charge on any atom is -0.497 e. The van der Waals surface area contributed by atoms with E-state index >= 15 is 0 Å². The number of ether oxygens (including phenoxy) is 1. The summed E-state index contributed by atoms with van der Waals surface area (Å²) in [4.78, 5) is 14.6. The summed E-state index contributed by atoms with van der Waals surface area (Å²) in [6.45, 7) is 1.71. The van der Waals surface area contributed by atoms with E-state index in [-0.39, 0.29) is 11.9 Å². The average molecular weight is 337 g/mol. The molecule has 0 bridgehead atoms. The molecule has 130 valence electrons. The Morgan fingerprint density at radius 1 is 1.08 bits per heavy atom. The van der Waals surface area contributed by atoms with Gasteiger partial charge in [-0.05, 0) is 60.9 Å². The lowest BCUT2D eigenvalue weighted by atomic mass is 10.1. The second-order valence-electron chi connectivity index (χ2n) is 6.24. The number of carbonyl (C=O) groups excluding carboxylic acids is 1. The molecule has 0 unspecified atom stereocenters. The first kappa shape index (κ1) is 17.2. The van der Waals surface area contributed by atoms with Crippen LogP contribution in [-0.2, 0) is 0 Å². The van der Waals surface area contributed by atoms with E-state index in [2.05, 4.69) is 4.90 Å². The highest BCUT2D eigenvalue weighted by Crippen LogP contribution is 2.21. The van der Waals surface area contributed by atoms with Crippen molar-refractivity contribution in [2.75, 3.05) is 25.1 Å². The molecule has 0 spiro atoms. The number of ketones is 1. The van der Waals surface area contributed by atoms with Gasteiger partial charge in [0.15, 0.2) is 5.78 Å². The lowest BCUT2D eigenvalue weighted by molar-refractivity contribution is 0.104. The number of hydrogen-bond acceptors (Lipinski definition) is 4. The van der Waals surface area contributed by atoms with Gasteiger partial charge in [0.2, 0.25) is 0 Å². The molecule has 4 heteroatoms. The SMILES string of the molecule is COc1ccc(C=CC(=O)c2ccc(N3CCC(O)CC3)cc2)cc1. The Morgan fingerprint density at radius 2 is 1.72 bits per heavy atom. The van der Waals surface area contributed by atoms with Crippen molar-refractivity contribution in [3.05, 3.63) is 65.7 Å². The molecule has 4 nitrogen and oxygen atoms in total. The predicted molar refractivity (Wildman–Crippen MR) is 100 cm³/mol. The number of rotatable bonds is 5. The van der Waals surface area contributed by atoms with Gasteiger partial charge in [-0.3, -0.25) is 4.79 Å². The molecule has 1 aliphatic rings. The van der Waals surface area contributed by atoms with Gasteiger partial charge in [0, 0.05) is 24.3 Å². The molecule has 0 radical (unpaired) electrons. The van der Waals surface area contributed by atoms with Crippen LogP contribution >= 0.6 is 0 Å². The number of benzene rings is 2. The number of hydrogen-bond donors (Lipinski definition) is 1. The highest BCUT2D eigenvalue weighted by atomic mass is 16.5. The van der Waals surface area contributed by atoms with Gasteiger partial charge in [-0.2, -0.15) is 0 Å². The molecule has 25 heavy (non-hydrogen) atoms. The number of aliphatic hydroxyl groups is 1. The van der Waals surface area contributed by atoms with Gasteiger partial charge in [-0.1, -0.05) is 18.2 Å². The molecule has 0 amide bonds. The summed E-state index contributed by atoms with van der Waals surface area (Å²) >= 11 is 0. The van der Waals surface area contributed by atoms with E-state index in [1.165, 1.54) is 0 Å². The number of nitrogens with zero attached hydrogens (tertiary/aromatic N) is 1. The van der Waals surface area contributed by atoms with Gasteiger partial charge in [-0.25, -0.2) is 0 Å². The quantitative estimate of drug-likeness (QED) is 0.669. The molecule has 0 aliphatic carbocycles. The van der Waals surface area contributed by atoms with Crippen LogP contribution in [0.15, 0.2) is 54.6 Å². The molecule has 0 saturated carbocycles. The van der Waals surface area contributed by atoms with Crippen molar-refractivity contribution in [1.82, 2.24) is 0 Å². The third kappa shape index (κ3) is 4.48. The van der Waals surface area contributed by atoms with Crippen molar-refractivity contribution in [2.24, 2.45) is 0 Å². The van der Waals surface area contributed by atoms with Gasteiger partial charge in [0.05, 0.1) is 13.2 Å². The maximum atomic E-state index is 12.3. The van der Waals surface area contributed by atoms with Crippen molar-refractivity contribution < 1.29 is 14.6 Å². The summed E-state index contributed by atoms with van der Waals surface area (Å²) in [6.07, 6.45) is 4.81. The van der Waals surface area contributed by atoms with E-state index in [1.807, 2.05) is 54.6 Å². The van der Waals surface area contributed by atoms with Crippen molar-refractivity contribution in [2.45, 2.75) is 18.9 Å². The Hall–Kier alpha value is -2.59. The van der Waals surface area contributed by atoms with Crippen LogP contribution in [0.3, 0.4) is 0 Å². The van der Waals surface area contributed by atoms with Crippen molar-refractivity contribution in [3.63, 3.8) is 0 Å². The third-order valence-electron chi connectivity index (χ3n) is 4.52. The second-order valence-corrected chi connectivity index (χ2v) is 6.24. The number of piperidine rings is 1. The minimum absolute atomic E-state index is 0.0172. The van der Waals surface area contributed by atoms with E-state index in [9.17, 15) is 9.90 Å². The fourth-order valence-corrected chi connectivity index (χ4v) is 2.94. The standard InChI is InChI=1S/C21H23NO3/c1-25-20-9-2-16(3-10-20)4-11-21(24)17-5-7-18(8-6-17)22-14-12-19(23)13-15-22/h2-11,19,23H,12-15H2,1H3. The zero-order chi connectivity index (χ0) is 17.6. The normalized spacial score (nSPS) is 15.5. The van der Waals surface area contributed by atoms with Gasteiger partial charge < -0.3 is 14.7 Å². The van der Waals surface area contributed by atoms with Gasteiger partial charge in [0.25, 0.3) is 0 Å². The first-order chi connectivity index (χ1) is 12.2. The molecule has 1 aliphatic heterocycles. The highest BCUT2D eigenvalue weighted by molar-refractivity contribution is 6.07. The number of methoxy groups -OCH3 is 1. The Balaban J connectivity index is 1.63. The fraction of sp³-hybridized carbons (Fsp3) is 0.286. The Labute approximate surface area is 148 Å². The lowest BCUT2D eigenvalue weighted by Gasteiger charge is -2.31. The number of aliphatic hydroxyl groups excluding tert-OH is 1. The van der Waals surface area contributed by atoms with Crippen LogP contribution < -0.4 is 9.64 Å². The smallest absolute Gasteiger partial charge is 0.185 e. The lowest BCUT2D eigenvalue weighted by Crippen LogP contribution is -2.35. The van der Waals surface area contributed by atoms with Crippen LogP contribution in [0.4, 0.5) is 5.69 Å². The summed E-state index contributed by atoms with van der Waals surface area (Å²) in [7, 11) is 1.63. The summed E-state index contributed by atoms with van der Waals surface area (Å²) in [5.41, 5.74) is 2.73. The first-order valence-corrected chi connectivity index (χ1v) is 8.55. The predicted octanol–water partition coefficient (Wildman–Crippen LogP) is 3.55. The van der Waals surface area contributed by atoms with Crippen molar-refractivity contribution >= 4 is 17.5 Å². The van der Waals surface area contributed by atoms with Gasteiger partial charge in [0.1, 0.15) is 5.75 Å². The zero-order valence-corrected chi connectivity index (χ0v) is 14.4. The van der Waals surface area contributed by atoms with Crippen LogP contribution in [0.5, 0.6) is 5.75 Å². The maximum absolute atomic E-state index is 12.3. The topological polar surface area (TPSA) is 49.8 Å². The molecule has 0 aromatic heterocycles. The van der Waals surface area contributed by atoms with Crippen LogP contribution in [-0.4, -0.2) is 37.2 Å². The number of allylic oxidation sites excluding steroid dienone is 1. The Kier molecular flexibility index (Phi) is 5.51.